The third-order valence-electron chi connectivity index (χ3n) is 5.05. The summed E-state index contributed by atoms with van der Waals surface area (Å²) in [4.78, 5) is 13.7. The predicted molar refractivity (Wildman–Crippen MR) is 103 cm³/mol. The average Bonchev–Trinajstić information content (AvgIpc) is 3.41. The predicted octanol–water partition coefficient (Wildman–Crippen LogP) is 0.126. The molecule has 1 aliphatic heterocycles. The summed E-state index contributed by atoms with van der Waals surface area (Å²) in [5, 5.41) is 12.2. The van der Waals surface area contributed by atoms with Crippen LogP contribution in [0.25, 0.3) is 16.7 Å². The number of aromatic nitrogens is 5. The molecular weight excluding hydrogens is 398 g/mol. The molecule has 1 saturated heterocycles. The van der Waals surface area contributed by atoms with Crippen molar-refractivity contribution in [2.45, 2.75) is 17.4 Å². The van der Waals surface area contributed by atoms with Crippen LogP contribution in [0, 0.1) is 0 Å². The van der Waals surface area contributed by atoms with E-state index in [2.05, 4.69) is 20.0 Å². The second-order valence-corrected chi connectivity index (χ2v) is 8.65. The van der Waals surface area contributed by atoms with E-state index in [0.29, 0.717) is 36.3 Å². The maximum absolute atomic E-state index is 12.8. The van der Waals surface area contributed by atoms with Crippen molar-refractivity contribution in [2.24, 2.45) is 7.05 Å². The van der Waals surface area contributed by atoms with Gasteiger partial charge < -0.3 is 9.32 Å². The van der Waals surface area contributed by atoms with E-state index >= 15 is 0 Å². The Morgan fingerprint density at radius 2 is 2.10 bits per heavy atom. The Kier molecular flexibility index (Phi) is 3.93. The maximum atomic E-state index is 12.8. The van der Waals surface area contributed by atoms with Gasteiger partial charge in [-0.25, -0.2) is 17.9 Å². The highest BCUT2D eigenvalue weighted by Gasteiger charge is 2.28. The zero-order valence-corrected chi connectivity index (χ0v) is 16.2. The summed E-state index contributed by atoms with van der Waals surface area (Å²) in [6, 6.07) is 7.76. The molecule has 1 atom stereocenters. The standard InChI is InChI=1S/C17H17N7O4S/c1-22-13-8-12(2-3-14(13)28-17(22)25)29(26,27)21-11-6-7-23(9-11)16-5-4-15-19-18-10-24(15)20-16/h2-5,8,10-11,21H,6-7,9H2,1H3/t11-/m0/s1. The van der Waals surface area contributed by atoms with E-state index in [1.165, 1.54) is 36.1 Å². The van der Waals surface area contributed by atoms with Crippen molar-refractivity contribution < 1.29 is 12.8 Å². The number of sulfonamides is 1. The fraction of sp³-hybridized carbons (Fsp3) is 0.294. The molecule has 0 radical (unpaired) electrons. The van der Waals surface area contributed by atoms with Crippen molar-refractivity contribution in [1.29, 1.82) is 0 Å². The van der Waals surface area contributed by atoms with Gasteiger partial charge in [-0.3, -0.25) is 4.57 Å². The third kappa shape index (κ3) is 3.06. The van der Waals surface area contributed by atoms with Crippen molar-refractivity contribution in [1.82, 2.24) is 29.1 Å². The molecule has 1 aromatic carbocycles. The van der Waals surface area contributed by atoms with Crippen LogP contribution in [-0.4, -0.2) is 51.9 Å². The molecule has 0 bridgehead atoms. The Bertz CT molecular complexity index is 1390. The first-order valence-electron chi connectivity index (χ1n) is 8.95. The number of anilines is 1. The van der Waals surface area contributed by atoms with Crippen LogP contribution < -0.4 is 15.4 Å². The van der Waals surface area contributed by atoms with E-state index in [4.69, 9.17) is 4.42 Å². The Balaban J connectivity index is 1.35. The van der Waals surface area contributed by atoms with E-state index in [0.717, 1.165) is 5.82 Å². The molecule has 0 amide bonds. The van der Waals surface area contributed by atoms with Crippen LogP contribution in [0.1, 0.15) is 6.42 Å². The van der Waals surface area contributed by atoms with E-state index in [1.54, 1.807) is 4.52 Å². The SMILES string of the molecule is Cn1c(=O)oc2ccc(S(=O)(=O)N[C@H]3CCN(c4ccc5nncn5n4)C3)cc21. The highest BCUT2D eigenvalue weighted by atomic mass is 32.2. The number of fused-ring (bicyclic) bond motifs is 2. The topological polar surface area (TPSA) is 128 Å². The summed E-state index contributed by atoms with van der Waals surface area (Å²) in [5.41, 5.74) is 1.42. The van der Waals surface area contributed by atoms with E-state index in [-0.39, 0.29) is 10.9 Å². The molecule has 5 rings (SSSR count). The fourth-order valence-electron chi connectivity index (χ4n) is 3.51. The first-order chi connectivity index (χ1) is 13.9. The van der Waals surface area contributed by atoms with Gasteiger partial charge in [0.2, 0.25) is 10.0 Å². The third-order valence-corrected chi connectivity index (χ3v) is 6.57. The van der Waals surface area contributed by atoms with Gasteiger partial charge >= 0.3 is 5.76 Å². The first kappa shape index (κ1) is 17.8. The van der Waals surface area contributed by atoms with Crippen LogP contribution in [0.15, 0.2) is 50.8 Å². The highest BCUT2D eigenvalue weighted by molar-refractivity contribution is 7.89. The van der Waals surface area contributed by atoms with Gasteiger partial charge in [0.05, 0.1) is 10.4 Å². The first-order valence-corrected chi connectivity index (χ1v) is 10.4. The summed E-state index contributed by atoms with van der Waals surface area (Å²) in [5.74, 6) is 0.195. The normalized spacial score (nSPS) is 17.6. The number of nitrogens with zero attached hydrogens (tertiary/aromatic N) is 6. The minimum absolute atomic E-state index is 0.0869. The molecule has 150 valence electrons. The molecule has 3 aromatic heterocycles. The van der Waals surface area contributed by atoms with Gasteiger partial charge in [-0.1, -0.05) is 0 Å². The molecular formula is C17H17N7O4S. The zero-order chi connectivity index (χ0) is 20.2. The second kappa shape index (κ2) is 6.39. The molecule has 0 unspecified atom stereocenters. The minimum atomic E-state index is -3.75. The lowest BCUT2D eigenvalue weighted by Gasteiger charge is -2.18. The quantitative estimate of drug-likeness (QED) is 0.498. The number of oxazole rings is 1. The second-order valence-electron chi connectivity index (χ2n) is 6.93. The van der Waals surface area contributed by atoms with Crippen molar-refractivity contribution in [3.63, 3.8) is 0 Å². The Hall–Kier alpha value is -3.25. The monoisotopic (exact) mass is 415 g/mol. The Morgan fingerprint density at radius 1 is 1.24 bits per heavy atom. The molecule has 1 N–H and O–H groups in total. The minimum Gasteiger partial charge on any atom is -0.408 e. The van der Waals surface area contributed by atoms with Crippen LogP contribution in [0.5, 0.6) is 0 Å². The van der Waals surface area contributed by atoms with Gasteiger partial charge in [-0.15, -0.1) is 15.3 Å². The molecule has 4 heterocycles. The Labute approximate surface area is 164 Å². The van der Waals surface area contributed by atoms with Gasteiger partial charge in [0.25, 0.3) is 0 Å². The largest absolute Gasteiger partial charge is 0.419 e. The van der Waals surface area contributed by atoms with Gasteiger partial charge in [-0.2, -0.15) is 4.52 Å². The van der Waals surface area contributed by atoms with E-state index in [1.807, 2.05) is 17.0 Å². The van der Waals surface area contributed by atoms with Crippen molar-refractivity contribution in [2.75, 3.05) is 18.0 Å². The molecule has 1 aliphatic rings. The summed E-state index contributed by atoms with van der Waals surface area (Å²) >= 11 is 0. The van der Waals surface area contributed by atoms with Crippen molar-refractivity contribution in [3.05, 3.63) is 47.2 Å². The van der Waals surface area contributed by atoms with Gasteiger partial charge in [0.1, 0.15) is 12.1 Å². The average molecular weight is 415 g/mol. The molecule has 11 nitrogen and oxygen atoms in total. The molecule has 29 heavy (non-hydrogen) atoms. The summed E-state index contributed by atoms with van der Waals surface area (Å²) < 4.78 is 36.4. The van der Waals surface area contributed by atoms with E-state index in [9.17, 15) is 13.2 Å². The number of nitrogens with one attached hydrogen (secondary N) is 1. The summed E-state index contributed by atoms with van der Waals surface area (Å²) in [6.45, 7) is 1.16. The summed E-state index contributed by atoms with van der Waals surface area (Å²) in [6.07, 6.45) is 2.17. The number of hydrogen-bond acceptors (Lipinski definition) is 8. The van der Waals surface area contributed by atoms with Crippen molar-refractivity contribution in [3.8, 4) is 0 Å². The molecule has 1 fully saturated rings. The maximum Gasteiger partial charge on any atom is 0.419 e. The van der Waals surface area contributed by atoms with Crippen LogP contribution in [0.3, 0.4) is 0 Å². The molecule has 0 saturated carbocycles. The number of benzene rings is 1. The molecule has 4 aromatic rings. The number of rotatable bonds is 4. The van der Waals surface area contributed by atoms with Gasteiger partial charge in [0, 0.05) is 26.2 Å². The lowest BCUT2D eigenvalue weighted by atomic mass is 10.3. The highest BCUT2D eigenvalue weighted by Crippen LogP contribution is 2.22. The molecule has 0 aliphatic carbocycles. The Morgan fingerprint density at radius 3 is 2.97 bits per heavy atom. The van der Waals surface area contributed by atoms with Gasteiger partial charge in [0.15, 0.2) is 11.2 Å². The lowest BCUT2D eigenvalue weighted by Crippen LogP contribution is -2.37. The van der Waals surface area contributed by atoms with Crippen LogP contribution >= 0.6 is 0 Å². The molecule has 0 spiro atoms. The molecule has 12 heteroatoms. The number of hydrogen-bond donors (Lipinski definition) is 1. The van der Waals surface area contributed by atoms with Crippen LogP contribution in [-0.2, 0) is 17.1 Å². The van der Waals surface area contributed by atoms with E-state index < -0.39 is 15.8 Å². The number of aryl methyl sites for hydroxylation is 1. The zero-order valence-electron chi connectivity index (χ0n) is 15.4. The summed E-state index contributed by atoms with van der Waals surface area (Å²) in [7, 11) is -2.22. The lowest BCUT2D eigenvalue weighted by molar-refractivity contribution is 0.528. The fourth-order valence-corrected chi connectivity index (χ4v) is 4.79. The van der Waals surface area contributed by atoms with Gasteiger partial charge in [-0.05, 0) is 36.8 Å². The van der Waals surface area contributed by atoms with Crippen molar-refractivity contribution >= 4 is 32.6 Å². The van der Waals surface area contributed by atoms with Crippen LogP contribution in [0.2, 0.25) is 0 Å². The van der Waals surface area contributed by atoms with Crippen LogP contribution in [0.4, 0.5) is 5.82 Å². The smallest absolute Gasteiger partial charge is 0.408 e.